The van der Waals surface area contributed by atoms with Crippen LogP contribution in [0.1, 0.15) is 162 Å². The van der Waals surface area contributed by atoms with Gasteiger partial charge in [-0.2, -0.15) is 0 Å². The summed E-state index contributed by atoms with van der Waals surface area (Å²) in [5.41, 5.74) is 0. The maximum atomic E-state index is 2.56. The van der Waals surface area contributed by atoms with Crippen LogP contribution in [0.3, 0.4) is 0 Å². The number of unbranched alkanes of at least 4 members (excludes halogenated alkanes) is 17. The summed E-state index contributed by atoms with van der Waals surface area (Å²) in [6, 6.07) is 0.572. The zero-order valence-electron chi connectivity index (χ0n) is 22.0. The lowest BCUT2D eigenvalue weighted by Gasteiger charge is -2.08. The Morgan fingerprint density at radius 3 is 1.48 bits per heavy atom. The van der Waals surface area contributed by atoms with Gasteiger partial charge in [-0.1, -0.05) is 117 Å². The third-order valence-corrected chi connectivity index (χ3v) is 6.85. The van der Waals surface area contributed by atoms with Gasteiger partial charge in [0, 0.05) is 6.42 Å². The molecule has 0 aliphatic carbocycles. The topological polar surface area (TPSA) is 8.81 Å². The highest BCUT2D eigenvalue weighted by Crippen LogP contribution is 2.14. The van der Waals surface area contributed by atoms with Crippen molar-refractivity contribution in [3.8, 4) is 0 Å². The molecule has 0 saturated heterocycles. The summed E-state index contributed by atoms with van der Waals surface area (Å²) >= 11 is 0. The average Bonchev–Trinajstić information content (AvgIpc) is 3.17. The van der Waals surface area contributed by atoms with E-state index in [0.717, 1.165) is 0 Å². The fourth-order valence-corrected chi connectivity index (χ4v) is 4.78. The van der Waals surface area contributed by atoms with E-state index in [-0.39, 0.29) is 0 Å². The fourth-order valence-electron chi connectivity index (χ4n) is 4.78. The van der Waals surface area contributed by atoms with E-state index in [1.165, 1.54) is 135 Å². The average molecular weight is 434 g/mol. The number of hydrogen-bond donors (Lipinski definition) is 0. The minimum absolute atomic E-state index is 0.572. The molecular formula is C29H57N2+. The van der Waals surface area contributed by atoms with Crippen molar-refractivity contribution < 1.29 is 4.57 Å². The Balaban J connectivity index is 2.17. The highest BCUT2D eigenvalue weighted by Gasteiger charge is 2.18. The maximum Gasteiger partial charge on any atom is 0.256 e. The van der Waals surface area contributed by atoms with E-state index >= 15 is 0 Å². The number of rotatable bonds is 22. The molecular weight excluding hydrogens is 376 g/mol. The van der Waals surface area contributed by atoms with Gasteiger partial charge in [0.2, 0.25) is 0 Å². The summed E-state index contributed by atoms with van der Waals surface area (Å²) in [5, 5.41) is 0. The Kier molecular flexibility index (Phi) is 18.1. The number of aromatic nitrogens is 2. The molecule has 0 unspecified atom stereocenters. The lowest BCUT2D eigenvalue weighted by atomic mass is 10.1. The normalized spacial score (nSPS) is 11.6. The van der Waals surface area contributed by atoms with Gasteiger partial charge in [-0.3, -0.25) is 0 Å². The second-order valence-corrected chi connectivity index (χ2v) is 10.2. The van der Waals surface area contributed by atoms with E-state index in [2.05, 4.69) is 49.2 Å². The van der Waals surface area contributed by atoms with Gasteiger partial charge in [0.15, 0.2) is 0 Å². The van der Waals surface area contributed by atoms with Gasteiger partial charge in [0.25, 0.3) is 5.82 Å². The van der Waals surface area contributed by atoms with Crippen LogP contribution in [0, 0.1) is 0 Å². The molecule has 1 heterocycles. The first kappa shape index (κ1) is 28.2. The predicted octanol–water partition coefficient (Wildman–Crippen LogP) is 9.35. The molecule has 0 radical (unpaired) electrons. The van der Waals surface area contributed by atoms with Crippen LogP contribution >= 0.6 is 0 Å². The molecule has 1 rings (SSSR count). The van der Waals surface area contributed by atoms with Crippen molar-refractivity contribution in [2.75, 3.05) is 0 Å². The molecule has 0 aliphatic rings. The highest BCUT2D eigenvalue weighted by molar-refractivity contribution is 4.86. The molecule has 2 heteroatoms. The SMILES string of the molecule is CCCCCCCCCCCCCC[n+]1ccn(C(C)C)c1CCCCCCCCC. The van der Waals surface area contributed by atoms with E-state index < -0.39 is 0 Å². The molecule has 31 heavy (non-hydrogen) atoms. The largest absolute Gasteiger partial charge is 0.256 e. The molecule has 2 nitrogen and oxygen atoms in total. The van der Waals surface area contributed by atoms with Gasteiger partial charge < -0.3 is 0 Å². The molecule has 1 aromatic heterocycles. The third-order valence-electron chi connectivity index (χ3n) is 6.85. The van der Waals surface area contributed by atoms with Crippen LogP contribution in [0.5, 0.6) is 0 Å². The first-order valence-corrected chi connectivity index (χ1v) is 14.3. The minimum Gasteiger partial charge on any atom is -0.234 e. The van der Waals surface area contributed by atoms with Crippen LogP contribution in [0.25, 0.3) is 0 Å². The summed E-state index contributed by atoms with van der Waals surface area (Å²) < 4.78 is 5.07. The Morgan fingerprint density at radius 1 is 0.613 bits per heavy atom. The van der Waals surface area contributed by atoms with Crippen LogP contribution in [0.4, 0.5) is 0 Å². The first-order chi connectivity index (χ1) is 15.2. The van der Waals surface area contributed by atoms with Crippen molar-refractivity contribution in [3.63, 3.8) is 0 Å². The van der Waals surface area contributed by atoms with Gasteiger partial charge in [0.05, 0.1) is 12.6 Å². The smallest absolute Gasteiger partial charge is 0.234 e. The van der Waals surface area contributed by atoms with Crippen LogP contribution in [-0.4, -0.2) is 4.57 Å². The van der Waals surface area contributed by atoms with E-state index in [9.17, 15) is 0 Å². The molecule has 1 aromatic rings. The van der Waals surface area contributed by atoms with Crippen molar-refractivity contribution in [3.05, 3.63) is 18.2 Å². The maximum absolute atomic E-state index is 2.56. The molecule has 0 aliphatic heterocycles. The van der Waals surface area contributed by atoms with E-state index in [1.807, 2.05) is 0 Å². The quantitative estimate of drug-likeness (QED) is 0.127. The molecule has 0 spiro atoms. The highest BCUT2D eigenvalue weighted by atomic mass is 15.2. The molecule has 0 bridgehead atoms. The number of aryl methyl sites for hydroxylation is 1. The van der Waals surface area contributed by atoms with E-state index in [4.69, 9.17) is 0 Å². The summed E-state index contributed by atoms with van der Waals surface area (Å²) in [5.74, 6) is 1.56. The van der Waals surface area contributed by atoms with Crippen molar-refractivity contribution >= 4 is 0 Å². The molecule has 0 N–H and O–H groups in total. The monoisotopic (exact) mass is 433 g/mol. The van der Waals surface area contributed by atoms with Gasteiger partial charge in [0.1, 0.15) is 12.4 Å². The third kappa shape index (κ3) is 14.1. The Bertz CT molecular complexity index is 503. The first-order valence-electron chi connectivity index (χ1n) is 14.3. The Labute approximate surface area is 196 Å². The summed E-state index contributed by atoms with van der Waals surface area (Å²) in [7, 11) is 0. The number of hydrogen-bond acceptors (Lipinski definition) is 0. The van der Waals surface area contributed by atoms with Crippen LogP contribution in [-0.2, 0) is 13.0 Å². The van der Waals surface area contributed by atoms with E-state index in [0.29, 0.717) is 6.04 Å². The van der Waals surface area contributed by atoms with Crippen LogP contribution in [0.2, 0.25) is 0 Å². The number of imidazole rings is 1. The summed E-state index contributed by atoms with van der Waals surface area (Å²) in [6.45, 7) is 10.5. The predicted molar refractivity (Wildman–Crippen MR) is 138 cm³/mol. The van der Waals surface area contributed by atoms with Crippen molar-refractivity contribution in [2.45, 2.75) is 169 Å². The van der Waals surface area contributed by atoms with Crippen molar-refractivity contribution in [1.82, 2.24) is 4.57 Å². The van der Waals surface area contributed by atoms with Gasteiger partial charge >= 0.3 is 0 Å². The van der Waals surface area contributed by atoms with Crippen molar-refractivity contribution in [2.24, 2.45) is 0 Å². The standard InChI is InChI=1S/C29H57N2/c1-5-7-9-11-13-14-15-16-17-19-21-23-25-30-26-27-31(28(3)4)29(30)24-22-20-18-12-10-8-6-2/h26-28H,5-25H2,1-4H3/q+1. The van der Waals surface area contributed by atoms with Gasteiger partial charge in [-0.05, 0) is 33.1 Å². The molecule has 0 atom stereocenters. The van der Waals surface area contributed by atoms with Gasteiger partial charge in [-0.25, -0.2) is 9.13 Å². The lowest BCUT2D eigenvalue weighted by Crippen LogP contribution is -2.37. The molecule has 182 valence electrons. The second kappa shape index (κ2) is 19.9. The van der Waals surface area contributed by atoms with Crippen LogP contribution < -0.4 is 4.57 Å². The van der Waals surface area contributed by atoms with E-state index in [1.54, 1.807) is 5.82 Å². The van der Waals surface area contributed by atoms with Gasteiger partial charge in [-0.15, -0.1) is 0 Å². The minimum atomic E-state index is 0.572. The molecule has 0 fully saturated rings. The van der Waals surface area contributed by atoms with Crippen molar-refractivity contribution in [1.29, 1.82) is 0 Å². The lowest BCUT2D eigenvalue weighted by molar-refractivity contribution is -0.704. The molecule has 0 saturated carbocycles. The second-order valence-electron chi connectivity index (χ2n) is 10.2. The summed E-state index contributed by atoms with van der Waals surface area (Å²) in [6.07, 6.45) is 32.8. The fraction of sp³-hybridized carbons (Fsp3) is 0.897. The molecule has 0 aromatic carbocycles. The molecule has 0 amide bonds. The zero-order chi connectivity index (χ0) is 22.6. The number of nitrogens with zero attached hydrogens (tertiary/aromatic N) is 2. The summed E-state index contributed by atoms with van der Waals surface area (Å²) in [4.78, 5) is 0. The Morgan fingerprint density at radius 2 is 1.03 bits per heavy atom. The van der Waals surface area contributed by atoms with Crippen LogP contribution in [0.15, 0.2) is 12.4 Å². The Hall–Kier alpha value is -0.790. The zero-order valence-corrected chi connectivity index (χ0v) is 22.0.